The maximum Gasteiger partial charge on any atom is 0.338 e. The van der Waals surface area contributed by atoms with Gasteiger partial charge in [-0.15, -0.1) is 0 Å². The number of fused-ring (bicyclic) bond motifs is 2. The summed E-state index contributed by atoms with van der Waals surface area (Å²) in [7, 11) is 0. The number of hydrogen-bond acceptors (Lipinski definition) is 5. The highest BCUT2D eigenvalue weighted by Gasteiger charge is 2.27. The summed E-state index contributed by atoms with van der Waals surface area (Å²) in [6, 6.07) is 22.1. The van der Waals surface area contributed by atoms with E-state index in [1.165, 1.54) is 0 Å². The number of amides is 1. The summed E-state index contributed by atoms with van der Waals surface area (Å²) in [5.74, 6) is -0.590. The zero-order valence-electron chi connectivity index (χ0n) is 15.0. The van der Waals surface area contributed by atoms with Crippen LogP contribution in [0.5, 0.6) is 0 Å². The van der Waals surface area contributed by atoms with Crippen LogP contribution in [-0.4, -0.2) is 18.5 Å². The molecule has 1 heterocycles. The summed E-state index contributed by atoms with van der Waals surface area (Å²) >= 11 is 1.64. The Morgan fingerprint density at radius 1 is 0.857 bits per heavy atom. The molecular weight excluding hydrogens is 372 g/mol. The minimum Gasteiger partial charge on any atom is -0.462 e. The summed E-state index contributed by atoms with van der Waals surface area (Å²) < 4.78 is 5.27. The van der Waals surface area contributed by atoms with Crippen LogP contribution < -0.4 is 10.6 Å². The van der Waals surface area contributed by atoms with E-state index >= 15 is 0 Å². The molecule has 0 fully saturated rings. The summed E-state index contributed by atoms with van der Waals surface area (Å²) in [6.07, 6.45) is 0.0913. The van der Waals surface area contributed by atoms with Crippen LogP contribution in [0, 0.1) is 0 Å². The molecular formula is C22H18N2O3S. The number of esters is 1. The minimum atomic E-state index is -0.470. The van der Waals surface area contributed by atoms with Crippen LogP contribution in [0.4, 0.5) is 17.1 Å². The lowest BCUT2D eigenvalue weighted by Crippen LogP contribution is -2.29. The number of nitrogens with two attached hydrogens (primary N) is 1. The van der Waals surface area contributed by atoms with Gasteiger partial charge in [0.05, 0.1) is 23.4 Å². The van der Waals surface area contributed by atoms with Crippen molar-refractivity contribution in [2.75, 3.05) is 17.2 Å². The summed E-state index contributed by atoms with van der Waals surface area (Å²) in [6.45, 7) is 0.00994. The number of nitrogens with zero attached hydrogens (tertiary/aromatic N) is 1. The Labute approximate surface area is 167 Å². The average molecular weight is 390 g/mol. The van der Waals surface area contributed by atoms with Crippen molar-refractivity contribution in [2.45, 2.75) is 16.2 Å². The molecule has 140 valence electrons. The van der Waals surface area contributed by atoms with Crippen molar-refractivity contribution in [3.63, 3.8) is 0 Å². The van der Waals surface area contributed by atoms with Gasteiger partial charge in [0, 0.05) is 15.5 Å². The molecule has 0 unspecified atom stereocenters. The van der Waals surface area contributed by atoms with E-state index in [-0.39, 0.29) is 18.9 Å². The zero-order valence-corrected chi connectivity index (χ0v) is 15.8. The Bertz CT molecular complexity index is 988. The van der Waals surface area contributed by atoms with Gasteiger partial charge in [0.25, 0.3) is 0 Å². The molecule has 0 saturated carbocycles. The van der Waals surface area contributed by atoms with Gasteiger partial charge in [-0.05, 0) is 48.5 Å². The SMILES string of the molecule is Nc1ccc(C(=O)OCCC(=O)N2c3ccccc3Sc3ccccc32)cc1. The Kier molecular flexibility index (Phi) is 5.04. The molecule has 0 atom stereocenters. The van der Waals surface area contributed by atoms with E-state index < -0.39 is 5.97 Å². The van der Waals surface area contributed by atoms with Gasteiger partial charge < -0.3 is 10.5 Å². The summed E-state index contributed by atoms with van der Waals surface area (Å²) in [5.41, 5.74) is 8.30. The van der Waals surface area contributed by atoms with Crippen molar-refractivity contribution in [3.8, 4) is 0 Å². The number of rotatable bonds is 4. The molecule has 5 nitrogen and oxygen atoms in total. The van der Waals surface area contributed by atoms with Gasteiger partial charge >= 0.3 is 5.97 Å². The fourth-order valence-corrected chi connectivity index (χ4v) is 4.08. The number of para-hydroxylation sites is 2. The molecule has 3 aromatic rings. The number of carbonyl (C=O) groups excluding carboxylic acids is 2. The predicted octanol–water partition coefficient (Wildman–Crippen LogP) is 4.65. The van der Waals surface area contributed by atoms with Gasteiger partial charge in [-0.3, -0.25) is 9.69 Å². The smallest absolute Gasteiger partial charge is 0.338 e. The number of benzene rings is 3. The highest BCUT2D eigenvalue weighted by Crippen LogP contribution is 2.47. The Balaban J connectivity index is 1.48. The molecule has 3 aromatic carbocycles. The Morgan fingerprint density at radius 2 is 1.43 bits per heavy atom. The number of carbonyl (C=O) groups is 2. The second kappa shape index (κ2) is 7.78. The van der Waals surface area contributed by atoms with Crippen molar-refractivity contribution in [1.82, 2.24) is 0 Å². The summed E-state index contributed by atoms with van der Waals surface area (Å²) in [5, 5.41) is 0. The zero-order chi connectivity index (χ0) is 19.5. The molecule has 0 aromatic heterocycles. The van der Waals surface area contributed by atoms with Gasteiger partial charge in [-0.2, -0.15) is 0 Å². The molecule has 1 aliphatic rings. The molecule has 0 radical (unpaired) electrons. The normalized spacial score (nSPS) is 12.1. The van der Waals surface area contributed by atoms with Crippen molar-refractivity contribution >= 4 is 40.7 Å². The van der Waals surface area contributed by atoms with Crippen LogP contribution in [0.3, 0.4) is 0 Å². The third-order valence-corrected chi connectivity index (χ3v) is 5.51. The van der Waals surface area contributed by atoms with E-state index in [0.717, 1.165) is 21.2 Å². The van der Waals surface area contributed by atoms with E-state index in [9.17, 15) is 9.59 Å². The molecule has 28 heavy (non-hydrogen) atoms. The lowest BCUT2D eigenvalue weighted by atomic mass is 10.2. The lowest BCUT2D eigenvalue weighted by Gasteiger charge is -2.31. The lowest BCUT2D eigenvalue weighted by molar-refractivity contribution is -0.118. The molecule has 0 spiro atoms. The maximum atomic E-state index is 13.0. The Morgan fingerprint density at radius 3 is 2.04 bits per heavy atom. The van der Waals surface area contributed by atoms with Crippen LogP contribution >= 0.6 is 11.8 Å². The van der Waals surface area contributed by atoms with Crippen LogP contribution in [0.1, 0.15) is 16.8 Å². The predicted molar refractivity (Wildman–Crippen MR) is 110 cm³/mol. The van der Waals surface area contributed by atoms with Crippen LogP contribution in [0.25, 0.3) is 0 Å². The monoisotopic (exact) mass is 390 g/mol. The first-order valence-electron chi connectivity index (χ1n) is 8.85. The van der Waals surface area contributed by atoms with Gasteiger partial charge in [0.2, 0.25) is 5.91 Å². The van der Waals surface area contributed by atoms with Crippen LogP contribution in [-0.2, 0) is 9.53 Å². The fraction of sp³-hybridized carbons (Fsp3) is 0.0909. The van der Waals surface area contributed by atoms with Crippen molar-refractivity contribution in [3.05, 3.63) is 78.4 Å². The van der Waals surface area contributed by atoms with Gasteiger partial charge in [0.1, 0.15) is 6.61 Å². The molecule has 0 bridgehead atoms. The fourth-order valence-electron chi connectivity index (χ4n) is 3.02. The van der Waals surface area contributed by atoms with Crippen LogP contribution in [0.2, 0.25) is 0 Å². The van der Waals surface area contributed by atoms with Gasteiger partial charge in [-0.25, -0.2) is 4.79 Å². The van der Waals surface area contributed by atoms with E-state index in [4.69, 9.17) is 10.5 Å². The van der Waals surface area contributed by atoms with E-state index in [0.29, 0.717) is 11.3 Å². The van der Waals surface area contributed by atoms with Crippen molar-refractivity contribution in [2.24, 2.45) is 0 Å². The highest BCUT2D eigenvalue weighted by atomic mass is 32.2. The highest BCUT2D eigenvalue weighted by molar-refractivity contribution is 7.99. The Hall–Kier alpha value is -3.25. The van der Waals surface area contributed by atoms with Gasteiger partial charge in [-0.1, -0.05) is 36.0 Å². The molecule has 2 N–H and O–H groups in total. The number of nitrogen functional groups attached to an aromatic ring is 1. The van der Waals surface area contributed by atoms with Crippen LogP contribution in [0.15, 0.2) is 82.6 Å². The molecule has 0 saturated heterocycles. The topological polar surface area (TPSA) is 72.6 Å². The van der Waals surface area contributed by atoms with Crippen molar-refractivity contribution in [1.29, 1.82) is 0 Å². The first-order chi connectivity index (χ1) is 13.6. The van der Waals surface area contributed by atoms with E-state index in [1.54, 1.807) is 40.9 Å². The van der Waals surface area contributed by atoms with E-state index in [1.807, 2.05) is 48.5 Å². The maximum absolute atomic E-state index is 13.0. The first kappa shape index (κ1) is 18.1. The molecule has 6 heteroatoms. The second-order valence-corrected chi connectivity index (χ2v) is 7.36. The van der Waals surface area contributed by atoms with Crippen molar-refractivity contribution < 1.29 is 14.3 Å². The molecule has 1 aliphatic heterocycles. The molecule has 1 amide bonds. The average Bonchev–Trinajstić information content (AvgIpc) is 2.72. The summed E-state index contributed by atoms with van der Waals surface area (Å²) in [4.78, 5) is 28.9. The largest absolute Gasteiger partial charge is 0.462 e. The quantitative estimate of drug-likeness (QED) is 0.519. The first-order valence-corrected chi connectivity index (χ1v) is 9.66. The third-order valence-electron chi connectivity index (χ3n) is 4.38. The number of hydrogen-bond donors (Lipinski definition) is 1. The molecule has 4 rings (SSSR count). The third kappa shape index (κ3) is 3.59. The van der Waals surface area contributed by atoms with E-state index in [2.05, 4.69) is 0 Å². The second-order valence-electron chi connectivity index (χ2n) is 6.27. The molecule has 0 aliphatic carbocycles. The number of ether oxygens (including phenoxy) is 1. The van der Waals surface area contributed by atoms with Gasteiger partial charge in [0.15, 0.2) is 0 Å². The number of anilines is 3. The standard InChI is InChI=1S/C22H18N2O3S/c23-16-11-9-15(10-12-16)22(26)27-14-13-21(25)24-17-5-1-3-7-19(17)28-20-8-4-2-6-18(20)24/h1-12H,13-14,23H2. The minimum absolute atomic E-state index is 0.00994.